The third-order valence-corrected chi connectivity index (χ3v) is 7.13. The second-order valence-corrected chi connectivity index (χ2v) is 9.33. The summed E-state index contributed by atoms with van der Waals surface area (Å²) in [4.78, 5) is 18.8. The fourth-order valence-corrected chi connectivity index (χ4v) is 5.05. The summed E-state index contributed by atoms with van der Waals surface area (Å²) in [5.41, 5.74) is 5.77. The van der Waals surface area contributed by atoms with Gasteiger partial charge in [-0.3, -0.25) is 9.69 Å². The monoisotopic (exact) mass is 470 g/mol. The molecule has 1 fully saturated rings. The topological polar surface area (TPSA) is 75.8 Å². The summed E-state index contributed by atoms with van der Waals surface area (Å²) in [6, 6.07) is 20.3. The van der Waals surface area contributed by atoms with Gasteiger partial charge in [-0.2, -0.15) is 0 Å². The van der Waals surface area contributed by atoms with Gasteiger partial charge in [0.1, 0.15) is 16.8 Å². The molecule has 0 radical (unpaired) electrons. The number of carbonyl (C=O) groups is 1. The van der Waals surface area contributed by atoms with Crippen molar-refractivity contribution in [2.24, 2.45) is 0 Å². The second kappa shape index (κ2) is 9.19. The SMILES string of the molecule is CCOc1cc2oc(-c3cccc(-c4ccccc4)c3C)nc2cc1CN1CCCC1(C)C(=O)O. The lowest BCUT2D eigenvalue weighted by molar-refractivity contribution is -0.148. The molecule has 180 valence electrons. The summed E-state index contributed by atoms with van der Waals surface area (Å²) >= 11 is 0. The highest BCUT2D eigenvalue weighted by Crippen LogP contribution is 2.37. The van der Waals surface area contributed by atoms with Crippen LogP contribution in [0.25, 0.3) is 33.7 Å². The lowest BCUT2D eigenvalue weighted by Gasteiger charge is -2.31. The van der Waals surface area contributed by atoms with E-state index in [1.165, 1.54) is 0 Å². The number of hydrogen-bond acceptors (Lipinski definition) is 5. The number of carboxylic acids is 1. The van der Waals surface area contributed by atoms with Gasteiger partial charge in [0.25, 0.3) is 0 Å². The fraction of sp³-hybridized carbons (Fsp3) is 0.310. The molecule has 3 aromatic carbocycles. The number of rotatable bonds is 7. The highest BCUT2D eigenvalue weighted by atomic mass is 16.5. The number of ether oxygens (including phenoxy) is 1. The fourth-order valence-electron chi connectivity index (χ4n) is 5.05. The van der Waals surface area contributed by atoms with Gasteiger partial charge >= 0.3 is 5.97 Å². The molecule has 1 aromatic heterocycles. The summed E-state index contributed by atoms with van der Waals surface area (Å²) in [6.07, 6.45) is 1.50. The Morgan fingerprint density at radius 2 is 1.91 bits per heavy atom. The van der Waals surface area contributed by atoms with Crippen LogP contribution in [0.2, 0.25) is 0 Å². The van der Waals surface area contributed by atoms with Gasteiger partial charge in [-0.1, -0.05) is 42.5 Å². The minimum atomic E-state index is -0.873. The van der Waals surface area contributed by atoms with Crippen molar-refractivity contribution in [1.82, 2.24) is 9.88 Å². The zero-order chi connectivity index (χ0) is 24.6. The lowest BCUT2D eigenvalue weighted by atomic mass is 9.96. The number of fused-ring (bicyclic) bond motifs is 1. The molecule has 6 nitrogen and oxygen atoms in total. The molecule has 0 bridgehead atoms. The van der Waals surface area contributed by atoms with Crippen molar-refractivity contribution >= 4 is 17.1 Å². The summed E-state index contributed by atoms with van der Waals surface area (Å²) in [5, 5.41) is 9.83. The van der Waals surface area contributed by atoms with Gasteiger partial charge < -0.3 is 14.3 Å². The maximum Gasteiger partial charge on any atom is 0.323 e. The van der Waals surface area contributed by atoms with Crippen molar-refractivity contribution in [3.8, 4) is 28.3 Å². The Bertz CT molecular complexity index is 1380. The smallest absolute Gasteiger partial charge is 0.323 e. The van der Waals surface area contributed by atoms with Gasteiger partial charge in [0.05, 0.1) is 6.61 Å². The molecule has 5 rings (SSSR count). The Kier molecular flexibility index (Phi) is 6.07. The standard InChI is InChI=1S/C29H30N2O4/c1-4-34-25-17-26-24(16-21(25)18-31-15-9-14-29(31,3)28(32)33)30-27(35-26)23-13-8-12-22(19(23)2)20-10-6-5-7-11-20/h5-8,10-13,16-17H,4,9,14-15,18H2,1-3H3,(H,32,33). The Morgan fingerprint density at radius 1 is 1.14 bits per heavy atom. The highest BCUT2D eigenvalue weighted by Gasteiger charge is 2.43. The lowest BCUT2D eigenvalue weighted by Crippen LogP contribution is -2.47. The Balaban J connectivity index is 1.55. The number of hydrogen-bond donors (Lipinski definition) is 1. The molecule has 1 aliphatic heterocycles. The second-order valence-electron chi connectivity index (χ2n) is 9.33. The van der Waals surface area contributed by atoms with E-state index in [1.54, 1.807) is 6.92 Å². The summed E-state index contributed by atoms with van der Waals surface area (Å²) in [6.45, 7) is 7.56. The number of aromatic nitrogens is 1. The number of likely N-dealkylation sites (tertiary alicyclic amines) is 1. The van der Waals surface area contributed by atoms with Crippen molar-refractivity contribution in [3.05, 3.63) is 71.8 Å². The van der Waals surface area contributed by atoms with E-state index < -0.39 is 11.5 Å². The van der Waals surface area contributed by atoms with Crippen molar-refractivity contribution in [1.29, 1.82) is 0 Å². The average Bonchev–Trinajstić information content (AvgIpc) is 3.44. The first-order valence-electron chi connectivity index (χ1n) is 12.1. The molecule has 2 heterocycles. The van der Waals surface area contributed by atoms with Crippen LogP contribution in [-0.4, -0.2) is 39.7 Å². The first-order chi connectivity index (χ1) is 16.9. The van der Waals surface area contributed by atoms with E-state index >= 15 is 0 Å². The molecule has 4 aromatic rings. The van der Waals surface area contributed by atoms with Crippen LogP contribution in [0.15, 0.2) is 65.1 Å². The third-order valence-electron chi connectivity index (χ3n) is 7.13. The summed E-state index contributed by atoms with van der Waals surface area (Å²) < 4.78 is 12.2. The predicted octanol–water partition coefficient (Wildman–Crippen LogP) is 6.31. The van der Waals surface area contributed by atoms with Crippen LogP contribution in [-0.2, 0) is 11.3 Å². The van der Waals surface area contributed by atoms with E-state index in [2.05, 4.69) is 25.1 Å². The van der Waals surface area contributed by atoms with E-state index in [0.29, 0.717) is 36.8 Å². The number of oxazole rings is 1. The van der Waals surface area contributed by atoms with E-state index in [1.807, 2.05) is 54.3 Å². The average molecular weight is 471 g/mol. The van der Waals surface area contributed by atoms with Crippen LogP contribution in [0.5, 0.6) is 5.75 Å². The van der Waals surface area contributed by atoms with Crippen molar-refractivity contribution in [2.45, 2.75) is 45.7 Å². The van der Waals surface area contributed by atoms with E-state index in [4.69, 9.17) is 14.1 Å². The number of carboxylic acid groups (broad SMARTS) is 1. The molecule has 1 aliphatic rings. The molecular formula is C29H30N2O4. The molecule has 6 heteroatoms. The molecule has 0 saturated carbocycles. The van der Waals surface area contributed by atoms with E-state index in [0.717, 1.165) is 46.3 Å². The highest BCUT2D eigenvalue weighted by molar-refractivity contribution is 5.82. The minimum absolute atomic E-state index is 0.485. The van der Waals surface area contributed by atoms with Crippen LogP contribution < -0.4 is 4.74 Å². The quantitative estimate of drug-likeness (QED) is 0.341. The minimum Gasteiger partial charge on any atom is -0.493 e. The number of benzene rings is 3. The van der Waals surface area contributed by atoms with Gasteiger partial charge in [0, 0.05) is 23.7 Å². The van der Waals surface area contributed by atoms with Crippen LogP contribution >= 0.6 is 0 Å². The van der Waals surface area contributed by atoms with Crippen LogP contribution in [0.4, 0.5) is 0 Å². The molecular weight excluding hydrogens is 440 g/mol. The van der Waals surface area contributed by atoms with Crippen molar-refractivity contribution in [2.75, 3.05) is 13.2 Å². The molecule has 1 saturated heterocycles. The zero-order valence-corrected chi connectivity index (χ0v) is 20.4. The van der Waals surface area contributed by atoms with Crippen LogP contribution in [0.3, 0.4) is 0 Å². The largest absolute Gasteiger partial charge is 0.493 e. The third kappa shape index (κ3) is 4.19. The molecule has 0 aliphatic carbocycles. The Morgan fingerprint density at radius 3 is 2.66 bits per heavy atom. The van der Waals surface area contributed by atoms with Gasteiger partial charge in [0.15, 0.2) is 5.58 Å². The van der Waals surface area contributed by atoms with Crippen molar-refractivity contribution < 1.29 is 19.1 Å². The summed E-state index contributed by atoms with van der Waals surface area (Å²) in [7, 11) is 0. The summed E-state index contributed by atoms with van der Waals surface area (Å²) in [5.74, 6) is 0.482. The molecule has 35 heavy (non-hydrogen) atoms. The number of nitrogens with zero attached hydrogens (tertiary/aromatic N) is 2. The maximum absolute atomic E-state index is 12.0. The normalized spacial score (nSPS) is 18.3. The molecule has 1 unspecified atom stereocenters. The molecule has 0 spiro atoms. The van der Waals surface area contributed by atoms with Gasteiger partial charge in [-0.05, 0) is 69.0 Å². The van der Waals surface area contributed by atoms with Gasteiger partial charge in [-0.25, -0.2) is 4.98 Å². The molecule has 1 atom stereocenters. The van der Waals surface area contributed by atoms with Gasteiger partial charge in [-0.15, -0.1) is 0 Å². The predicted molar refractivity (Wildman–Crippen MR) is 136 cm³/mol. The van der Waals surface area contributed by atoms with Crippen molar-refractivity contribution in [3.63, 3.8) is 0 Å². The first kappa shape index (κ1) is 23.1. The maximum atomic E-state index is 12.0. The Labute approximate surface area is 205 Å². The van der Waals surface area contributed by atoms with Crippen LogP contribution in [0.1, 0.15) is 37.8 Å². The first-order valence-corrected chi connectivity index (χ1v) is 12.1. The zero-order valence-electron chi connectivity index (χ0n) is 20.4. The number of aliphatic carboxylic acids is 1. The van der Waals surface area contributed by atoms with Crippen LogP contribution in [0, 0.1) is 6.92 Å². The molecule has 0 amide bonds. The van der Waals surface area contributed by atoms with Gasteiger partial charge in [0.2, 0.25) is 5.89 Å². The van der Waals surface area contributed by atoms with E-state index in [9.17, 15) is 9.90 Å². The van der Waals surface area contributed by atoms with E-state index in [-0.39, 0.29) is 0 Å². The Hall–Kier alpha value is -3.64. The molecule has 1 N–H and O–H groups in total.